The van der Waals surface area contributed by atoms with Gasteiger partial charge in [-0.05, 0) is 38.3 Å². The first kappa shape index (κ1) is 16.7. The van der Waals surface area contributed by atoms with Gasteiger partial charge in [0.25, 0.3) is 5.91 Å². The van der Waals surface area contributed by atoms with Crippen LogP contribution in [0.5, 0.6) is 0 Å². The standard InChI is InChI=1S/C18H22N2OS2/c1-13-6-8-15(9-7-13)11-16-17(21)20(18(22)23-16)12-19-10-4-3-5-14(19)2/h6-9,11,14H,3-5,10,12H2,1-2H3/b16-11-/t14-/m0/s1. The van der Waals surface area contributed by atoms with Gasteiger partial charge in [-0.2, -0.15) is 0 Å². The first-order chi connectivity index (χ1) is 11.0. The lowest BCUT2D eigenvalue weighted by atomic mass is 10.0. The number of thioether (sulfide) groups is 1. The molecule has 0 spiro atoms. The normalized spacial score (nSPS) is 24.7. The lowest BCUT2D eigenvalue weighted by Crippen LogP contribution is -2.46. The second kappa shape index (κ2) is 7.16. The SMILES string of the molecule is Cc1ccc(/C=C2\SC(=S)N(CN3CCCC[C@@H]3C)C2=O)cc1. The summed E-state index contributed by atoms with van der Waals surface area (Å²) in [7, 11) is 0. The molecule has 1 aromatic carbocycles. The number of nitrogens with zero attached hydrogens (tertiary/aromatic N) is 2. The van der Waals surface area contributed by atoms with Crippen LogP contribution in [-0.4, -0.2) is 39.3 Å². The second-order valence-electron chi connectivity index (χ2n) is 6.32. The molecule has 0 N–H and O–H groups in total. The van der Waals surface area contributed by atoms with Crippen LogP contribution < -0.4 is 0 Å². The summed E-state index contributed by atoms with van der Waals surface area (Å²) < 4.78 is 0.672. The molecule has 1 atom stereocenters. The fourth-order valence-corrected chi connectivity index (χ4v) is 4.23. The van der Waals surface area contributed by atoms with E-state index in [1.807, 2.05) is 18.2 Å². The number of thiocarbonyl (C=S) groups is 1. The van der Waals surface area contributed by atoms with Crippen molar-refractivity contribution in [1.82, 2.24) is 9.80 Å². The third kappa shape index (κ3) is 3.84. The van der Waals surface area contributed by atoms with Crippen LogP contribution >= 0.6 is 24.0 Å². The molecule has 23 heavy (non-hydrogen) atoms. The Morgan fingerprint density at radius 1 is 1.30 bits per heavy atom. The molecule has 3 rings (SSSR count). The highest BCUT2D eigenvalue weighted by Gasteiger charge is 2.34. The molecular weight excluding hydrogens is 324 g/mol. The van der Waals surface area contributed by atoms with Crippen molar-refractivity contribution in [2.24, 2.45) is 0 Å². The van der Waals surface area contributed by atoms with Crippen molar-refractivity contribution in [3.05, 3.63) is 40.3 Å². The van der Waals surface area contributed by atoms with Crippen LogP contribution in [0.4, 0.5) is 0 Å². The summed E-state index contributed by atoms with van der Waals surface area (Å²) in [4.78, 5) is 17.5. The minimum absolute atomic E-state index is 0.0401. The van der Waals surface area contributed by atoms with E-state index in [0.717, 1.165) is 17.0 Å². The molecule has 0 radical (unpaired) electrons. The summed E-state index contributed by atoms with van der Waals surface area (Å²) >= 11 is 6.85. The molecule has 5 heteroatoms. The van der Waals surface area contributed by atoms with Gasteiger partial charge in [-0.25, -0.2) is 0 Å². The smallest absolute Gasteiger partial charge is 0.267 e. The Balaban J connectivity index is 1.73. The van der Waals surface area contributed by atoms with Gasteiger partial charge in [0.15, 0.2) is 0 Å². The predicted octanol–water partition coefficient (Wildman–Crippen LogP) is 4.03. The molecule has 3 nitrogen and oxygen atoms in total. The maximum absolute atomic E-state index is 12.7. The topological polar surface area (TPSA) is 23.6 Å². The van der Waals surface area contributed by atoms with Crippen molar-refractivity contribution in [2.75, 3.05) is 13.2 Å². The van der Waals surface area contributed by atoms with E-state index < -0.39 is 0 Å². The zero-order valence-electron chi connectivity index (χ0n) is 13.6. The monoisotopic (exact) mass is 346 g/mol. The summed E-state index contributed by atoms with van der Waals surface area (Å²) in [5.74, 6) is 0.0401. The van der Waals surface area contributed by atoms with E-state index in [4.69, 9.17) is 12.2 Å². The fraction of sp³-hybridized carbons (Fsp3) is 0.444. The van der Waals surface area contributed by atoms with Crippen molar-refractivity contribution >= 4 is 40.3 Å². The summed E-state index contributed by atoms with van der Waals surface area (Å²) in [5.41, 5.74) is 2.26. The minimum Gasteiger partial charge on any atom is -0.283 e. The Hall–Kier alpha value is -1.17. The van der Waals surface area contributed by atoms with Gasteiger partial charge in [0.05, 0.1) is 11.6 Å². The Morgan fingerprint density at radius 2 is 2.04 bits per heavy atom. The van der Waals surface area contributed by atoms with E-state index in [0.29, 0.717) is 17.0 Å². The van der Waals surface area contributed by atoms with Crippen molar-refractivity contribution in [3.8, 4) is 0 Å². The van der Waals surface area contributed by atoms with Gasteiger partial charge in [-0.15, -0.1) is 0 Å². The van der Waals surface area contributed by atoms with E-state index in [-0.39, 0.29) is 5.91 Å². The van der Waals surface area contributed by atoms with Crippen molar-refractivity contribution < 1.29 is 4.79 Å². The summed E-state index contributed by atoms with van der Waals surface area (Å²) in [5, 5.41) is 0. The van der Waals surface area contributed by atoms with Gasteiger partial charge in [0.1, 0.15) is 4.32 Å². The van der Waals surface area contributed by atoms with Crippen molar-refractivity contribution in [2.45, 2.75) is 39.2 Å². The van der Waals surface area contributed by atoms with Crippen LogP contribution in [0, 0.1) is 6.92 Å². The van der Waals surface area contributed by atoms with E-state index in [1.54, 1.807) is 4.90 Å². The number of hydrogen-bond donors (Lipinski definition) is 0. The van der Waals surface area contributed by atoms with E-state index >= 15 is 0 Å². The summed E-state index contributed by atoms with van der Waals surface area (Å²) in [6.07, 6.45) is 5.63. The third-order valence-corrected chi connectivity index (χ3v) is 5.89. The third-order valence-electron chi connectivity index (χ3n) is 4.51. The Bertz CT molecular complexity index is 639. The van der Waals surface area contributed by atoms with E-state index in [1.165, 1.54) is 36.6 Å². The zero-order chi connectivity index (χ0) is 16.4. The molecular formula is C18H22N2OS2. The van der Waals surface area contributed by atoms with Gasteiger partial charge in [-0.3, -0.25) is 14.6 Å². The molecule has 2 saturated heterocycles. The quantitative estimate of drug-likeness (QED) is 0.609. The molecule has 0 aromatic heterocycles. The molecule has 0 unspecified atom stereocenters. The molecule has 2 heterocycles. The number of hydrogen-bond acceptors (Lipinski definition) is 4. The highest BCUT2D eigenvalue weighted by atomic mass is 32.2. The lowest BCUT2D eigenvalue weighted by molar-refractivity contribution is -0.124. The number of benzene rings is 1. The largest absolute Gasteiger partial charge is 0.283 e. The van der Waals surface area contributed by atoms with Crippen LogP contribution in [0.3, 0.4) is 0 Å². The highest BCUT2D eigenvalue weighted by molar-refractivity contribution is 8.26. The van der Waals surface area contributed by atoms with Crippen LogP contribution in [0.1, 0.15) is 37.3 Å². The number of carbonyl (C=O) groups excluding carboxylic acids is 1. The molecule has 2 aliphatic heterocycles. The summed E-state index contributed by atoms with van der Waals surface area (Å²) in [6, 6.07) is 8.71. The Kier molecular flexibility index (Phi) is 5.19. The van der Waals surface area contributed by atoms with Gasteiger partial charge >= 0.3 is 0 Å². The average molecular weight is 347 g/mol. The molecule has 0 bridgehead atoms. The number of amides is 1. The van der Waals surface area contributed by atoms with Crippen molar-refractivity contribution in [1.29, 1.82) is 0 Å². The molecule has 1 aromatic rings. The zero-order valence-corrected chi connectivity index (χ0v) is 15.3. The number of likely N-dealkylation sites (tertiary alicyclic amines) is 1. The van der Waals surface area contributed by atoms with Gasteiger partial charge in [0, 0.05) is 12.6 Å². The number of carbonyl (C=O) groups is 1. The Morgan fingerprint density at radius 3 is 2.74 bits per heavy atom. The number of piperidine rings is 1. The molecule has 0 aliphatic carbocycles. The maximum Gasteiger partial charge on any atom is 0.267 e. The second-order valence-corrected chi connectivity index (χ2v) is 7.99. The van der Waals surface area contributed by atoms with Crippen LogP contribution in [-0.2, 0) is 4.79 Å². The molecule has 0 saturated carbocycles. The van der Waals surface area contributed by atoms with Crippen LogP contribution in [0.15, 0.2) is 29.2 Å². The van der Waals surface area contributed by atoms with Gasteiger partial charge < -0.3 is 0 Å². The van der Waals surface area contributed by atoms with Gasteiger partial charge in [-0.1, -0.05) is 60.2 Å². The molecule has 2 aliphatic rings. The first-order valence-corrected chi connectivity index (χ1v) is 9.33. The summed E-state index contributed by atoms with van der Waals surface area (Å²) in [6.45, 7) is 5.97. The predicted molar refractivity (Wildman–Crippen MR) is 101 cm³/mol. The minimum atomic E-state index is 0.0401. The average Bonchev–Trinajstić information content (AvgIpc) is 2.79. The van der Waals surface area contributed by atoms with E-state index in [9.17, 15) is 4.79 Å². The molecule has 1 amide bonds. The number of aryl methyl sites for hydroxylation is 1. The maximum atomic E-state index is 12.7. The number of rotatable bonds is 3. The van der Waals surface area contributed by atoms with Crippen LogP contribution in [0.2, 0.25) is 0 Å². The van der Waals surface area contributed by atoms with Crippen LogP contribution in [0.25, 0.3) is 6.08 Å². The van der Waals surface area contributed by atoms with Crippen molar-refractivity contribution in [3.63, 3.8) is 0 Å². The van der Waals surface area contributed by atoms with E-state index in [2.05, 4.69) is 30.9 Å². The highest BCUT2D eigenvalue weighted by Crippen LogP contribution is 2.33. The lowest BCUT2D eigenvalue weighted by Gasteiger charge is -2.35. The van der Waals surface area contributed by atoms with Gasteiger partial charge in [0.2, 0.25) is 0 Å². The fourth-order valence-electron chi connectivity index (χ4n) is 2.99. The first-order valence-electron chi connectivity index (χ1n) is 8.10. The molecule has 122 valence electrons. The molecule has 2 fully saturated rings. The Labute approximate surface area is 147 Å².